The van der Waals surface area contributed by atoms with Gasteiger partial charge in [0.25, 0.3) is 0 Å². The number of carbonyl (C=O) groups excluding carboxylic acids is 4. The number of hydrogen-bond donors (Lipinski definition) is 3. The van der Waals surface area contributed by atoms with Crippen LogP contribution in [0.15, 0.2) is 90.5 Å². The van der Waals surface area contributed by atoms with Gasteiger partial charge in [-0.1, -0.05) is 120 Å². The second-order valence-corrected chi connectivity index (χ2v) is 22.2. The number of amides is 3. The second-order valence-electron chi connectivity index (χ2n) is 22.2. The first-order chi connectivity index (χ1) is 34.1. The number of fused-ring (bicyclic) bond motifs is 5. The van der Waals surface area contributed by atoms with Crippen molar-refractivity contribution < 1.29 is 38.1 Å². The summed E-state index contributed by atoms with van der Waals surface area (Å²) in [6.07, 6.45) is 15.2. The molecule has 11 nitrogen and oxygen atoms in total. The van der Waals surface area contributed by atoms with Crippen molar-refractivity contribution in [2.24, 2.45) is 46.3 Å². The van der Waals surface area contributed by atoms with Gasteiger partial charge in [-0.05, 0) is 139 Å². The van der Waals surface area contributed by atoms with E-state index in [0.29, 0.717) is 22.8 Å². The van der Waals surface area contributed by atoms with E-state index < -0.39 is 23.6 Å². The molecule has 0 bridgehead atoms. The Labute approximate surface area is 424 Å². The van der Waals surface area contributed by atoms with Crippen LogP contribution in [0.25, 0.3) is 0 Å². The summed E-state index contributed by atoms with van der Waals surface area (Å²) in [7, 11) is 4.78. The van der Waals surface area contributed by atoms with Gasteiger partial charge in [0, 0.05) is 32.7 Å². The lowest BCUT2D eigenvalue weighted by Gasteiger charge is -2.58. The topological polar surface area (TPSA) is 141 Å². The fourth-order valence-corrected chi connectivity index (χ4v) is 13.7. The lowest BCUT2D eigenvalue weighted by Crippen LogP contribution is -2.51. The first kappa shape index (κ1) is 53.6. The number of Topliss-reactive ketones (excluding diaryl/α,β-unsaturated/α-hetero) is 1. The third-order valence-electron chi connectivity index (χ3n) is 17.6. The van der Waals surface area contributed by atoms with Crippen LogP contribution in [0, 0.1) is 46.3 Å². The smallest absolute Gasteiger partial charge is 0.407 e. The van der Waals surface area contributed by atoms with Crippen molar-refractivity contribution in [2.75, 3.05) is 34.4 Å². The van der Waals surface area contributed by atoms with Gasteiger partial charge in [-0.25, -0.2) is 4.79 Å². The molecule has 4 aliphatic rings. The molecule has 3 N–H and O–H groups in total. The number of benzene rings is 3. The van der Waals surface area contributed by atoms with Crippen LogP contribution in [0.3, 0.4) is 0 Å². The number of nitrogens with one attached hydrogen (secondary N) is 3. The number of rotatable bonds is 23. The molecule has 3 aromatic carbocycles. The highest BCUT2D eigenvalue weighted by atomic mass is 16.6. The van der Waals surface area contributed by atoms with E-state index >= 15 is 0 Å². The summed E-state index contributed by atoms with van der Waals surface area (Å²) in [6.45, 7) is 12.1. The summed E-state index contributed by atoms with van der Waals surface area (Å²) in [5, 5.41) is 8.36. The first-order valence-electron chi connectivity index (χ1n) is 26.8. The maximum atomic E-state index is 13.8. The number of allylic oxidation sites excluding steroid dienone is 1. The Kier molecular flexibility index (Phi) is 18.2. The predicted octanol–water partition coefficient (Wildman–Crippen LogP) is 11.5. The van der Waals surface area contributed by atoms with Gasteiger partial charge in [0.15, 0.2) is 0 Å². The van der Waals surface area contributed by atoms with Crippen LogP contribution in [-0.2, 0) is 29.5 Å². The molecule has 3 aromatic rings. The molecule has 3 amide bonds. The highest BCUT2D eigenvalue weighted by Crippen LogP contribution is 2.67. The van der Waals surface area contributed by atoms with Crippen LogP contribution in [0.5, 0.6) is 11.5 Å². The van der Waals surface area contributed by atoms with Crippen molar-refractivity contribution in [3.8, 4) is 11.5 Å². The Balaban J connectivity index is 1.00. The van der Waals surface area contributed by atoms with E-state index in [1.165, 1.54) is 50.5 Å². The SMILES string of the molecule is CNC(=O)CCC(=O)CCC(COC(c1ccccc1)(c1ccc(OC)cc1)c1ccc(OC)cc1)NC(=O)CNC(=O)O[C@H]1CC[C@@]2(C)C(=CCC3C2CC[C@@]2(C)C3CC[C@@H]2[C@H](C)CCCC(C)C)C1. The molecule has 11 heteroatoms. The number of hydrogen-bond acceptors (Lipinski definition) is 8. The molecule has 0 radical (unpaired) electrons. The molecule has 3 fully saturated rings. The maximum Gasteiger partial charge on any atom is 0.407 e. The van der Waals surface area contributed by atoms with Crippen molar-refractivity contribution in [2.45, 2.75) is 149 Å². The van der Waals surface area contributed by atoms with Crippen LogP contribution >= 0.6 is 0 Å². The van der Waals surface area contributed by atoms with E-state index in [2.05, 4.69) is 56.6 Å². The first-order valence-corrected chi connectivity index (χ1v) is 26.8. The molecule has 4 aliphatic carbocycles. The molecule has 0 aromatic heterocycles. The molecule has 9 atom stereocenters. The third-order valence-corrected chi connectivity index (χ3v) is 17.6. The van der Waals surface area contributed by atoms with Gasteiger partial charge < -0.3 is 34.9 Å². The third kappa shape index (κ3) is 12.4. The quantitative estimate of drug-likeness (QED) is 0.0630. The Morgan fingerprint density at radius 3 is 2.03 bits per heavy atom. The average molecular weight is 974 g/mol. The molecule has 0 aliphatic heterocycles. The van der Waals surface area contributed by atoms with Gasteiger partial charge >= 0.3 is 6.09 Å². The van der Waals surface area contributed by atoms with Gasteiger partial charge in [0.1, 0.15) is 35.5 Å². The minimum atomic E-state index is -1.17. The summed E-state index contributed by atoms with van der Waals surface area (Å²) in [4.78, 5) is 52.4. The molecule has 386 valence electrons. The molecule has 7 rings (SSSR count). The van der Waals surface area contributed by atoms with Crippen molar-refractivity contribution in [1.29, 1.82) is 0 Å². The van der Waals surface area contributed by atoms with Gasteiger partial charge in [0.2, 0.25) is 11.8 Å². The van der Waals surface area contributed by atoms with Gasteiger partial charge in [-0.2, -0.15) is 0 Å². The summed E-state index contributed by atoms with van der Waals surface area (Å²) < 4.78 is 24.2. The van der Waals surface area contributed by atoms with Crippen LogP contribution in [0.2, 0.25) is 0 Å². The van der Waals surface area contributed by atoms with Crippen molar-refractivity contribution in [3.05, 3.63) is 107 Å². The predicted molar refractivity (Wildman–Crippen MR) is 279 cm³/mol. The van der Waals surface area contributed by atoms with Crippen molar-refractivity contribution in [1.82, 2.24) is 16.0 Å². The van der Waals surface area contributed by atoms with Gasteiger partial charge in [0.05, 0.1) is 26.9 Å². The van der Waals surface area contributed by atoms with Crippen LogP contribution in [0.4, 0.5) is 4.79 Å². The number of ketones is 1. The minimum Gasteiger partial charge on any atom is -0.497 e. The van der Waals surface area contributed by atoms with Crippen molar-refractivity contribution >= 4 is 23.7 Å². The van der Waals surface area contributed by atoms with Crippen LogP contribution in [0.1, 0.15) is 148 Å². The van der Waals surface area contributed by atoms with E-state index in [1.807, 2.05) is 78.9 Å². The van der Waals surface area contributed by atoms with Gasteiger partial charge in [-0.15, -0.1) is 0 Å². The maximum absolute atomic E-state index is 13.8. The van der Waals surface area contributed by atoms with Crippen LogP contribution in [-0.4, -0.2) is 70.3 Å². The molecular formula is C60H83N3O8. The van der Waals surface area contributed by atoms with Gasteiger partial charge in [-0.3, -0.25) is 14.4 Å². The van der Waals surface area contributed by atoms with E-state index in [1.54, 1.807) is 21.3 Å². The molecule has 0 spiro atoms. The van der Waals surface area contributed by atoms with Crippen LogP contribution < -0.4 is 25.4 Å². The molecule has 0 heterocycles. The van der Waals surface area contributed by atoms with Crippen molar-refractivity contribution in [3.63, 3.8) is 0 Å². The fourth-order valence-electron chi connectivity index (χ4n) is 13.7. The Morgan fingerprint density at radius 2 is 1.39 bits per heavy atom. The Bertz CT molecular complexity index is 2230. The lowest BCUT2D eigenvalue weighted by molar-refractivity contribution is -0.125. The Hall–Kier alpha value is -5.16. The Morgan fingerprint density at radius 1 is 0.732 bits per heavy atom. The van der Waals surface area contributed by atoms with E-state index in [-0.39, 0.29) is 62.0 Å². The molecule has 3 saturated carbocycles. The second kappa shape index (κ2) is 24.0. The zero-order chi connectivity index (χ0) is 50.8. The fraction of sp³-hybridized carbons (Fsp3) is 0.600. The largest absolute Gasteiger partial charge is 0.497 e. The lowest BCUT2D eigenvalue weighted by atomic mass is 9.47. The molecule has 4 unspecified atom stereocenters. The standard InChI is InChI=1S/C60H83N3O8/c1-40(2)13-12-14-41(3)52-30-31-53-51-29-21-45-37-50(33-35-58(45,4)54(51)34-36-59(52,53)5)71-57(67)62-38-56(66)63-46(22-23-47(64)24-32-55(65)61-6)39-70-60(42-15-10-9-11-16-42,43-17-25-48(68-7)26-18-43)44-19-27-49(69-8)28-20-44/h9-11,15-21,25-28,40-41,46,50-54H,12-14,22-24,29-39H2,1-8H3,(H,61,65)(H,62,67)(H,63,66)/t41-,46?,50+,51?,52-,53?,54?,58+,59-/m1/s1. The molecule has 71 heavy (non-hydrogen) atoms. The highest BCUT2D eigenvalue weighted by molar-refractivity contribution is 5.85. The molecule has 0 saturated heterocycles. The van der Waals surface area contributed by atoms with E-state index in [4.69, 9.17) is 18.9 Å². The van der Waals surface area contributed by atoms with E-state index in [9.17, 15) is 19.2 Å². The summed E-state index contributed by atoms with van der Waals surface area (Å²) in [5.74, 6) is 5.19. The average Bonchev–Trinajstić information content (AvgIpc) is 3.74. The summed E-state index contributed by atoms with van der Waals surface area (Å²) >= 11 is 0. The summed E-state index contributed by atoms with van der Waals surface area (Å²) in [5.41, 5.74) is 3.33. The summed E-state index contributed by atoms with van der Waals surface area (Å²) in [6, 6.07) is 24.6. The monoisotopic (exact) mass is 974 g/mol. The molecular weight excluding hydrogens is 891 g/mol. The highest BCUT2D eigenvalue weighted by Gasteiger charge is 2.59. The zero-order valence-electron chi connectivity index (χ0n) is 44.0. The zero-order valence-corrected chi connectivity index (χ0v) is 44.0. The minimum absolute atomic E-state index is 0.00179. The number of carbonyl (C=O) groups is 4. The number of methoxy groups -OCH3 is 2. The number of alkyl carbamates (subject to hydrolysis) is 1. The number of ether oxygens (including phenoxy) is 4. The normalized spacial score (nSPS) is 25.6. The van der Waals surface area contributed by atoms with E-state index in [0.717, 1.165) is 72.0 Å².